The predicted octanol–water partition coefficient (Wildman–Crippen LogP) is 4.44. The van der Waals surface area contributed by atoms with E-state index in [1.54, 1.807) is 23.1 Å². The van der Waals surface area contributed by atoms with Crippen LogP contribution in [-0.2, 0) is 12.3 Å². The standard InChI is InChI=1S/C17H19N3O2S3/c1-11-7-14(12(2)20(11)8-13-5-4-6-24-13)15(21)9-25-17-19-18-16(22-17)10-23-3/h4-7H,8-10H2,1-3H3. The number of Topliss-reactive ketones (excluding diaryl/α,β-unsaturated/α-hetero) is 1. The van der Waals surface area contributed by atoms with E-state index in [1.165, 1.54) is 16.6 Å². The van der Waals surface area contributed by atoms with E-state index in [4.69, 9.17) is 4.42 Å². The van der Waals surface area contributed by atoms with Crippen molar-refractivity contribution in [2.45, 2.75) is 31.4 Å². The Morgan fingerprint density at radius 3 is 2.92 bits per heavy atom. The first-order chi connectivity index (χ1) is 12.1. The number of ketones is 1. The van der Waals surface area contributed by atoms with Crippen LogP contribution in [0.2, 0.25) is 0 Å². The van der Waals surface area contributed by atoms with Gasteiger partial charge in [-0.3, -0.25) is 4.79 Å². The molecule has 3 heterocycles. The first kappa shape index (κ1) is 18.3. The van der Waals surface area contributed by atoms with Gasteiger partial charge in [-0.05, 0) is 37.6 Å². The first-order valence-electron chi connectivity index (χ1n) is 7.75. The molecule has 3 rings (SSSR count). The molecule has 0 aliphatic rings. The zero-order valence-corrected chi connectivity index (χ0v) is 16.8. The zero-order valence-electron chi connectivity index (χ0n) is 14.3. The van der Waals surface area contributed by atoms with Gasteiger partial charge in [-0.25, -0.2) is 0 Å². The summed E-state index contributed by atoms with van der Waals surface area (Å²) in [5, 5.41) is 10.5. The van der Waals surface area contributed by atoms with Crippen molar-refractivity contribution in [1.29, 1.82) is 0 Å². The molecular weight excluding hydrogens is 374 g/mol. The number of aromatic nitrogens is 3. The lowest BCUT2D eigenvalue weighted by atomic mass is 10.2. The van der Waals surface area contributed by atoms with Crippen LogP contribution in [0.1, 0.15) is 32.5 Å². The fraction of sp³-hybridized carbons (Fsp3) is 0.353. The van der Waals surface area contributed by atoms with Gasteiger partial charge >= 0.3 is 0 Å². The average Bonchev–Trinajstić information content (AvgIpc) is 3.31. The lowest BCUT2D eigenvalue weighted by Crippen LogP contribution is -2.07. The molecule has 0 radical (unpaired) electrons. The van der Waals surface area contributed by atoms with E-state index >= 15 is 0 Å². The van der Waals surface area contributed by atoms with Crippen molar-refractivity contribution in [3.05, 3.63) is 51.3 Å². The maximum absolute atomic E-state index is 12.6. The summed E-state index contributed by atoms with van der Waals surface area (Å²) in [6.07, 6.45) is 1.98. The molecule has 0 amide bonds. The molecule has 3 aromatic heterocycles. The molecule has 0 saturated carbocycles. The first-order valence-corrected chi connectivity index (χ1v) is 11.0. The van der Waals surface area contributed by atoms with Crippen LogP contribution in [0.15, 0.2) is 33.2 Å². The number of rotatable bonds is 8. The van der Waals surface area contributed by atoms with Crippen molar-refractivity contribution in [2.24, 2.45) is 0 Å². The fourth-order valence-electron chi connectivity index (χ4n) is 2.57. The molecule has 0 N–H and O–H groups in total. The second kappa shape index (κ2) is 8.25. The van der Waals surface area contributed by atoms with Gasteiger partial charge in [-0.2, -0.15) is 11.8 Å². The van der Waals surface area contributed by atoms with Crippen LogP contribution in [0.5, 0.6) is 0 Å². The Morgan fingerprint density at radius 2 is 2.20 bits per heavy atom. The number of hydrogen-bond acceptors (Lipinski definition) is 7. The SMILES string of the molecule is CSCc1nnc(SCC(=O)c2cc(C)n(Cc3cccs3)c2C)o1. The van der Waals surface area contributed by atoms with Crippen LogP contribution < -0.4 is 0 Å². The molecule has 0 spiro atoms. The van der Waals surface area contributed by atoms with Crippen LogP contribution in [0.25, 0.3) is 0 Å². The van der Waals surface area contributed by atoms with Gasteiger partial charge in [0.15, 0.2) is 5.78 Å². The number of carbonyl (C=O) groups excluding carboxylic acids is 1. The number of thiophene rings is 1. The summed E-state index contributed by atoms with van der Waals surface area (Å²) in [6.45, 7) is 4.84. The van der Waals surface area contributed by atoms with Gasteiger partial charge in [0, 0.05) is 21.8 Å². The summed E-state index contributed by atoms with van der Waals surface area (Å²) < 4.78 is 7.69. The summed E-state index contributed by atoms with van der Waals surface area (Å²) >= 11 is 4.64. The second-order valence-electron chi connectivity index (χ2n) is 5.56. The van der Waals surface area contributed by atoms with E-state index in [1.807, 2.05) is 32.2 Å². The molecule has 0 aliphatic carbocycles. The third-order valence-electron chi connectivity index (χ3n) is 3.81. The summed E-state index contributed by atoms with van der Waals surface area (Å²) in [7, 11) is 0. The Hall–Kier alpha value is -1.51. The lowest BCUT2D eigenvalue weighted by molar-refractivity contribution is 0.102. The van der Waals surface area contributed by atoms with Crippen molar-refractivity contribution in [3.63, 3.8) is 0 Å². The molecule has 0 atom stereocenters. The van der Waals surface area contributed by atoms with Crippen LogP contribution in [0.3, 0.4) is 0 Å². The van der Waals surface area contributed by atoms with Crippen molar-refractivity contribution in [3.8, 4) is 0 Å². The Morgan fingerprint density at radius 1 is 1.36 bits per heavy atom. The third-order valence-corrected chi connectivity index (χ3v) is 6.03. The summed E-state index contributed by atoms with van der Waals surface area (Å²) in [5.41, 5.74) is 2.87. The summed E-state index contributed by atoms with van der Waals surface area (Å²) in [5.74, 6) is 1.66. The van der Waals surface area contributed by atoms with Gasteiger partial charge in [-0.15, -0.1) is 21.5 Å². The van der Waals surface area contributed by atoms with Crippen LogP contribution in [0.4, 0.5) is 0 Å². The average molecular weight is 394 g/mol. The molecule has 0 aliphatic heterocycles. The minimum absolute atomic E-state index is 0.0835. The number of aryl methyl sites for hydroxylation is 1. The molecular formula is C17H19N3O2S3. The smallest absolute Gasteiger partial charge is 0.277 e. The summed E-state index contributed by atoms with van der Waals surface area (Å²) in [4.78, 5) is 13.9. The quantitative estimate of drug-likeness (QED) is 0.417. The Labute approximate surface area is 159 Å². The van der Waals surface area contributed by atoms with E-state index < -0.39 is 0 Å². The number of hydrogen-bond donors (Lipinski definition) is 0. The number of carbonyl (C=O) groups is 1. The molecule has 25 heavy (non-hydrogen) atoms. The van der Waals surface area contributed by atoms with Gasteiger partial charge in [0.2, 0.25) is 5.89 Å². The van der Waals surface area contributed by atoms with Crippen LogP contribution in [-0.4, -0.2) is 32.6 Å². The van der Waals surface area contributed by atoms with Crippen LogP contribution in [0, 0.1) is 13.8 Å². The van der Waals surface area contributed by atoms with Crippen molar-refractivity contribution in [2.75, 3.05) is 12.0 Å². The number of nitrogens with zero attached hydrogens (tertiary/aromatic N) is 3. The Bertz CT molecular complexity index is 853. The van der Waals surface area contributed by atoms with Gasteiger partial charge < -0.3 is 8.98 Å². The molecule has 0 saturated heterocycles. The molecule has 0 unspecified atom stereocenters. The highest BCUT2D eigenvalue weighted by atomic mass is 32.2. The largest absolute Gasteiger partial charge is 0.415 e. The van der Waals surface area contributed by atoms with E-state index in [0.717, 1.165) is 23.5 Å². The van der Waals surface area contributed by atoms with E-state index in [9.17, 15) is 4.79 Å². The second-order valence-corrected chi connectivity index (χ2v) is 8.38. The summed E-state index contributed by atoms with van der Waals surface area (Å²) in [6, 6.07) is 6.13. The zero-order chi connectivity index (χ0) is 17.8. The molecule has 0 aromatic carbocycles. The monoisotopic (exact) mass is 393 g/mol. The molecule has 132 valence electrons. The highest BCUT2D eigenvalue weighted by molar-refractivity contribution is 7.99. The lowest BCUT2D eigenvalue weighted by Gasteiger charge is -2.08. The molecule has 3 aromatic rings. The highest BCUT2D eigenvalue weighted by Gasteiger charge is 2.17. The van der Waals surface area contributed by atoms with Crippen molar-refractivity contribution < 1.29 is 9.21 Å². The van der Waals surface area contributed by atoms with Crippen molar-refractivity contribution in [1.82, 2.24) is 14.8 Å². The molecule has 0 fully saturated rings. The maximum atomic E-state index is 12.6. The Balaban J connectivity index is 1.67. The van der Waals surface area contributed by atoms with Crippen molar-refractivity contribution >= 4 is 40.6 Å². The fourth-order valence-corrected chi connectivity index (χ4v) is 4.29. The maximum Gasteiger partial charge on any atom is 0.277 e. The number of thioether (sulfide) groups is 2. The van der Waals surface area contributed by atoms with Gasteiger partial charge in [0.05, 0.1) is 18.1 Å². The molecule has 0 bridgehead atoms. The highest BCUT2D eigenvalue weighted by Crippen LogP contribution is 2.23. The minimum Gasteiger partial charge on any atom is -0.415 e. The van der Waals surface area contributed by atoms with E-state index in [2.05, 4.69) is 26.2 Å². The van der Waals surface area contributed by atoms with E-state index in [0.29, 0.717) is 22.6 Å². The minimum atomic E-state index is 0.0835. The van der Waals surface area contributed by atoms with E-state index in [-0.39, 0.29) is 5.78 Å². The van der Waals surface area contributed by atoms with Gasteiger partial charge in [0.1, 0.15) is 0 Å². The topological polar surface area (TPSA) is 60.9 Å². The normalized spacial score (nSPS) is 11.2. The van der Waals surface area contributed by atoms with Crippen LogP contribution >= 0.6 is 34.9 Å². The van der Waals surface area contributed by atoms with Gasteiger partial charge in [0.25, 0.3) is 5.22 Å². The Kier molecular flexibility index (Phi) is 6.03. The molecule has 5 nitrogen and oxygen atoms in total. The predicted molar refractivity (Wildman–Crippen MR) is 104 cm³/mol. The third kappa shape index (κ3) is 4.37. The van der Waals surface area contributed by atoms with Gasteiger partial charge in [-0.1, -0.05) is 17.8 Å². The molecule has 8 heteroatoms.